The quantitative estimate of drug-likeness (QED) is 0.0986. The van der Waals surface area contributed by atoms with Gasteiger partial charge in [0.1, 0.15) is 36.3 Å². The fourth-order valence-corrected chi connectivity index (χ4v) is 8.04. The number of nitrogens with zero attached hydrogens (tertiary/aromatic N) is 6. The number of rotatable bonds is 6. The van der Waals surface area contributed by atoms with Crippen LogP contribution in [-0.4, -0.2) is 118 Å². The van der Waals surface area contributed by atoms with Gasteiger partial charge in [0.05, 0.1) is 32.0 Å². The first-order valence-electron chi connectivity index (χ1n) is 15.9. The summed E-state index contributed by atoms with van der Waals surface area (Å²) in [5.74, 6) is -0.176. The summed E-state index contributed by atoms with van der Waals surface area (Å²) < 4.78 is 94.4. The summed E-state index contributed by atoms with van der Waals surface area (Å²) in [5.41, 5.74) is 3.65. The van der Waals surface area contributed by atoms with Crippen LogP contribution in [0.15, 0.2) is 22.2 Å². The molecule has 3 fully saturated rings. The molecule has 0 saturated carbocycles. The van der Waals surface area contributed by atoms with E-state index in [0.29, 0.717) is 0 Å². The minimum Gasteiger partial charge on any atom is -0.432 e. The molecule has 25 nitrogen and oxygen atoms in total. The Labute approximate surface area is 300 Å². The minimum absolute atomic E-state index is 0.108. The second kappa shape index (κ2) is 14.5. The lowest BCUT2D eigenvalue weighted by atomic mass is 10.1. The molecule has 0 amide bonds. The zero-order chi connectivity index (χ0) is 38.7. The molecular formula is C26H32FN9O16P2. The average molecular weight is 808 g/mol. The molecule has 7 rings (SSSR count). The second-order valence-electron chi connectivity index (χ2n) is 12.3. The number of H-pyrrole nitrogens is 2. The maximum absolute atomic E-state index is 16.3. The molecule has 7 heterocycles. The van der Waals surface area contributed by atoms with E-state index >= 15 is 4.39 Å². The Hall–Kier alpha value is -4.20. The number of anilines is 1. The molecule has 0 radical (unpaired) electrons. The Morgan fingerprint density at radius 2 is 1.63 bits per heavy atom. The Bertz CT molecular complexity index is 2280. The number of aromatic nitrogens is 8. The van der Waals surface area contributed by atoms with Crippen molar-refractivity contribution in [3.63, 3.8) is 0 Å². The number of ether oxygens (including phenoxy) is 4. The van der Waals surface area contributed by atoms with Crippen LogP contribution in [0.2, 0.25) is 0 Å². The summed E-state index contributed by atoms with van der Waals surface area (Å²) in [6.07, 6.45) is -14.3. The molecule has 4 aromatic heterocycles. The Morgan fingerprint density at radius 1 is 1.00 bits per heavy atom. The van der Waals surface area contributed by atoms with Crippen LogP contribution in [0.25, 0.3) is 22.3 Å². The van der Waals surface area contributed by atoms with Crippen molar-refractivity contribution in [3.05, 3.63) is 39.2 Å². The van der Waals surface area contributed by atoms with Crippen molar-refractivity contribution in [2.75, 3.05) is 25.7 Å². The monoisotopic (exact) mass is 807 g/mol. The topological polar surface area (TPSA) is 328 Å². The Balaban J connectivity index is 1.24. The SMILES string of the molecule is Cc1nc2c(ncn2[C@@H]2O[C@@H]3COP(=O)(OCOC(=O)OC(C)C)OC4[C@@H](O)[C@@H](COP(=O)(O)OC3[C@@H]2F)O[C@H]4n2cnc3c(=O)[nH]c(N)nc32)c(=O)[nH]1. The largest absolute Gasteiger partial charge is 0.510 e. The molecule has 0 spiro atoms. The van der Waals surface area contributed by atoms with Crippen molar-refractivity contribution in [2.24, 2.45) is 0 Å². The van der Waals surface area contributed by atoms with Gasteiger partial charge in [-0.05, 0) is 20.8 Å². The number of aromatic amines is 2. The predicted octanol–water partition coefficient (Wildman–Crippen LogP) is 0.199. The summed E-state index contributed by atoms with van der Waals surface area (Å²) in [4.78, 5) is 68.6. The highest BCUT2D eigenvalue weighted by atomic mass is 31.2. The predicted molar refractivity (Wildman–Crippen MR) is 172 cm³/mol. The first kappa shape index (κ1) is 38.1. The van der Waals surface area contributed by atoms with Gasteiger partial charge in [0.25, 0.3) is 11.1 Å². The van der Waals surface area contributed by atoms with E-state index in [1.165, 1.54) is 20.8 Å². The number of nitrogens with two attached hydrogens (primary N) is 1. The number of aliphatic hydroxyl groups is 1. The van der Waals surface area contributed by atoms with Gasteiger partial charge in [0.2, 0.25) is 12.7 Å². The van der Waals surface area contributed by atoms with Crippen LogP contribution >= 0.6 is 15.6 Å². The molecule has 28 heteroatoms. The summed E-state index contributed by atoms with van der Waals surface area (Å²) in [6.45, 7) is 1.52. The van der Waals surface area contributed by atoms with Gasteiger partial charge in [0, 0.05) is 0 Å². The van der Waals surface area contributed by atoms with E-state index in [-0.39, 0.29) is 34.1 Å². The van der Waals surface area contributed by atoms with Crippen molar-refractivity contribution in [2.45, 2.75) is 76.0 Å². The number of nitrogen functional groups attached to an aromatic ring is 1. The second-order valence-corrected chi connectivity index (χ2v) is 15.3. The highest BCUT2D eigenvalue weighted by Gasteiger charge is 2.55. The van der Waals surface area contributed by atoms with Crippen LogP contribution in [0.5, 0.6) is 0 Å². The first-order valence-corrected chi connectivity index (χ1v) is 18.8. The number of fused-ring (bicyclic) bond motifs is 5. The highest BCUT2D eigenvalue weighted by Crippen LogP contribution is 2.56. The number of phosphoric acid groups is 2. The van der Waals surface area contributed by atoms with Crippen LogP contribution in [0.4, 0.5) is 15.1 Å². The van der Waals surface area contributed by atoms with Crippen molar-refractivity contribution in [1.82, 2.24) is 39.0 Å². The summed E-state index contributed by atoms with van der Waals surface area (Å²) in [6, 6.07) is 0. The summed E-state index contributed by atoms with van der Waals surface area (Å²) in [7, 11) is -10.4. The van der Waals surface area contributed by atoms with Crippen LogP contribution in [0.1, 0.15) is 32.1 Å². The number of carbonyl (C=O) groups is 1. The molecule has 10 atom stereocenters. The molecule has 54 heavy (non-hydrogen) atoms. The van der Waals surface area contributed by atoms with E-state index in [1.807, 2.05) is 0 Å². The minimum atomic E-state index is -5.26. The van der Waals surface area contributed by atoms with Crippen molar-refractivity contribution in [1.29, 1.82) is 0 Å². The fraction of sp³-hybridized carbons (Fsp3) is 0.577. The first-order chi connectivity index (χ1) is 25.5. The number of phosphoric ester groups is 2. The number of alkyl halides is 1. The summed E-state index contributed by atoms with van der Waals surface area (Å²) >= 11 is 0. The van der Waals surface area contributed by atoms with Crippen molar-refractivity contribution in [3.8, 4) is 0 Å². The number of hydrogen-bond donors (Lipinski definition) is 5. The van der Waals surface area contributed by atoms with E-state index in [9.17, 15) is 33.5 Å². The van der Waals surface area contributed by atoms with Gasteiger partial charge < -0.3 is 39.7 Å². The summed E-state index contributed by atoms with van der Waals surface area (Å²) in [5, 5.41) is 11.3. The smallest absolute Gasteiger partial charge is 0.432 e. The van der Waals surface area contributed by atoms with Crippen LogP contribution in [0, 0.1) is 6.92 Å². The fourth-order valence-electron chi connectivity index (χ4n) is 5.85. The lowest BCUT2D eigenvalue weighted by Gasteiger charge is -2.27. The van der Waals surface area contributed by atoms with E-state index in [0.717, 1.165) is 21.8 Å². The maximum Gasteiger partial charge on any atom is 0.510 e. The molecule has 4 unspecified atom stereocenters. The van der Waals surface area contributed by atoms with E-state index in [1.54, 1.807) is 0 Å². The average Bonchev–Trinajstić information content (AvgIpc) is 3.84. The van der Waals surface area contributed by atoms with Crippen molar-refractivity contribution >= 4 is 50.1 Å². The lowest BCUT2D eigenvalue weighted by Crippen LogP contribution is -2.35. The van der Waals surface area contributed by atoms with Crippen LogP contribution in [0.3, 0.4) is 0 Å². The molecule has 4 aromatic rings. The number of imidazole rings is 2. The number of carbonyl (C=O) groups excluding carboxylic acids is 1. The highest BCUT2D eigenvalue weighted by molar-refractivity contribution is 7.48. The van der Waals surface area contributed by atoms with Crippen LogP contribution in [-0.2, 0) is 50.7 Å². The van der Waals surface area contributed by atoms with Crippen LogP contribution < -0.4 is 16.9 Å². The molecule has 0 aromatic carbocycles. The zero-order valence-corrected chi connectivity index (χ0v) is 29.9. The van der Waals surface area contributed by atoms with E-state index < -0.39 is 108 Å². The molecule has 6 N–H and O–H groups in total. The van der Waals surface area contributed by atoms with E-state index in [2.05, 4.69) is 29.9 Å². The van der Waals surface area contributed by atoms with Gasteiger partial charge in [-0.25, -0.2) is 37.8 Å². The third-order valence-electron chi connectivity index (χ3n) is 8.15. The zero-order valence-electron chi connectivity index (χ0n) is 28.1. The molecule has 0 aliphatic carbocycles. The number of aliphatic hydroxyl groups excluding tert-OH is 1. The van der Waals surface area contributed by atoms with Gasteiger partial charge in [-0.1, -0.05) is 0 Å². The molecular weight excluding hydrogens is 775 g/mol. The Kier molecular flexibility index (Phi) is 10.2. The molecule has 294 valence electrons. The van der Waals surface area contributed by atoms with Gasteiger partial charge in [-0.2, -0.15) is 4.98 Å². The third-order valence-corrected chi connectivity index (χ3v) is 10.5. The number of halogens is 1. The Morgan fingerprint density at radius 3 is 2.33 bits per heavy atom. The standard InChI is InChI=1S/C26H32FN9O16P2/c1-9(2)48-26(40)44-8-47-54(43)46-5-12-17(13(27)23(50-12)35-6-29-14-19(35)31-10(3)32-21(14)38)51-53(41,42)45-4-11-16(37)18(52-54)24(49-11)36-7-30-15-20(36)33-25(28)34-22(15)39/h6-7,9,11-13,16-18,23-24,37H,4-5,8H2,1-3H3,(H,41,42)(H,31,32,38)(H3,28,33,34,39)/t11-,12-,13+,16+,17?,18?,23-,24-,54?/m1/s1. The van der Waals surface area contributed by atoms with Gasteiger partial charge in [0.15, 0.2) is 41.0 Å². The van der Waals surface area contributed by atoms with Crippen molar-refractivity contribution < 1.29 is 69.9 Å². The van der Waals surface area contributed by atoms with E-state index in [4.69, 9.17) is 47.3 Å². The van der Waals surface area contributed by atoms with Gasteiger partial charge in [-0.15, -0.1) is 0 Å². The maximum atomic E-state index is 16.3. The van der Waals surface area contributed by atoms with Gasteiger partial charge in [-0.3, -0.25) is 41.8 Å². The normalized spacial score (nSPS) is 33.3. The molecule has 2 bridgehead atoms. The third kappa shape index (κ3) is 7.42. The molecule has 3 aliphatic heterocycles. The molecule has 3 saturated heterocycles. The van der Waals surface area contributed by atoms with Gasteiger partial charge >= 0.3 is 21.8 Å². The molecule has 3 aliphatic rings. The number of hydrogen-bond acceptors (Lipinski definition) is 20. The number of nitrogens with one attached hydrogen (secondary N) is 2. The lowest BCUT2D eigenvalue weighted by molar-refractivity contribution is -0.0770. The number of aryl methyl sites for hydroxylation is 1.